The number of carbonyl (C=O) groups excluding carboxylic acids is 1. The zero-order valence-corrected chi connectivity index (χ0v) is 31.1. The zero-order chi connectivity index (χ0) is 32.0. The van der Waals surface area contributed by atoms with Crippen LogP contribution in [0.2, 0.25) is 0 Å². The molecule has 0 bridgehead atoms. The van der Waals surface area contributed by atoms with E-state index in [9.17, 15) is 28.8 Å². The van der Waals surface area contributed by atoms with Gasteiger partial charge in [0.25, 0.3) is 0 Å². The fourth-order valence-electron chi connectivity index (χ4n) is 1.43. The SMILES string of the molecule is O.O.O=C(O)CC(O)(CC(=O)O)C(=O)O.O=C(O)CC(O)(CC(=O)O)C(=O)O.O=C([O-])O.O=C([O-])O.O=C([O-])[O-].[Na+].[Na+].[Na+].[Na+]. The summed E-state index contributed by atoms with van der Waals surface area (Å²) in [5.74, 6) is -10.0. The van der Waals surface area contributed by atoms with Crippen LogP contribution in [0.25, 0.3) is 0 Å². The number of hydrogen-bond acceptors (Lipinski definition) is 15. The van der Waals surface area contributed by atoms with Gasteiger partial charge in [-0.1, -0.05) is 0 Å². The maximum absolute atomic E-state index is 10.3. The van der Waals surface area contributed by atoms with Crippen LogP contribution in [0.1, 0.15) is 25.7 Å². The van der Waals surface area contributed by atoms with Crippen molar-refractivity contribution < 1.29 is 244 Å². The van der Waals surface area contributed by atoms with Crippen LogP contribution in [0.3, 0.4) is 0 Å². The summed E-state index contributed by atoms with van der Waals surface area (Å²) >= 11 is 0. The van der Waals surface area contributed by atoms with E-state index in [0.717, 1.165) is 0 Å². The quantitative estimate of drug-likeness (QED) is 0.0949. The summed E-state index contributed by atoms with van der Waals surface area (Å²) in [5.41, 5.74) is -5.48. The molecule has 0 aliphatic heterocycles. The van der Waals surface area contributed by atoms with Crippen LogP contribution in [0, 0.1) is 0 Å². The molecule has 0 atom stereocenters. The van der Waals surface area contributed by atoms with E-state index in [1.807, 2.05) is 0 Å². The van der Waals surface area contributed by atoms with Gasteiger partial charge in [0, 0.05) is 0 Å². The molecule has 0 aromatic heterocycles. The summed E-state index contributed by atoms with van der Waals surface area (Å²) in [4.78, 5) is 86.2. The van der Waals surface area contributed by atoms with Gasteiger partial charge in [-0.3, -0.25) is 19.2 Å². The summed E-state index contributed by atoms with van der Waals surface area (Å²) in [6.45, 7) is 0. The molecule has 0 fully saturated rings. The van der Waals surface area contributed by atoms with Crippen molar-refractivity contribution in [3.63, 3.8) is 0 Å². The fraction of sp³-hybridized carbons (Fsp3) is 0.400. The molecule has 0 rings (SSSR count). The van der Waals surface area contributed by atoms with Crippen LogP contribution in [0.5, 0.6) is 0 Å². The third-order valence-electron chi connectivity index (χ3n) is 2.57. The van der Waals surface area contributed by atoms with Gasteiger partial charge < -0.3 is 96.8 Å². The minimum absolute atomic E-state index is 0. The molecular formula is C15H22Na4O25. The number of hydrogen-bond donors (Lipinski definition) is 10. The Kier molecular flexibility index (Phi) is 66.2. The molecule has 0 aromatic carbocycles. The third-order valence-corrected chi connectivity index (χ3v) is 2.57. The summed E-state index contributed by atoms with van der Waals surface area (Å²) in [7, 11) is 0. The predicted octanol–water partition coefficient (Wildman–Crippen LogP) is -20.8. The van der Waals surface area contributed by atoms with Crippen molar-refractivity contribution in [2.24, 2.45) is 0 Å². The maximum Gasteiger partial charge on any atom is 1.00 e. The van der Waals surface area contributed by atoms with Crippen LogP contribution < -0.4 is 139 Å². The van der Waals surface area contributed by atoms with E-state index >= 15 is 0 Å². The second-order valence-electron chi connectivity index (χ2n) is 5.74. The van der Waals surface area contributed by atoms with E-state index in [4.69, 9.17) is 85.9 Å². The minimum Gasteiger partial charge on any atom is -0.652 e. The fourth-order valence-corrected chi connectivity index (χ4v) is 1.43. The van der Waals surface area contributed by atoms with E-state index < -0.39 is 91.2 Å². The maximum atomic E-state index is 10.3. The van der Waals surface area contributed by atoms with Gasteiger partial charge in [-0.15, -0.1) is 0 Å². The summed E-state index contributed by atoms with van der Waals surface area (Å²) in [6.07, 6.45) is -11.1. The number of carbonyl (C=O) groups is 9. The number of aliphatic hydroxyl groups is 2. The van der Waals surface area contributed by atoms with Crippen molar-refractivity contribution in [3.8, 4) is 0 Å². The van der Waals surface area contributed by atoms with Crippen molar-refractivity contribution in [2.45, 2.75) is 36.9 Å². The second kappa shape index (κ2) is 39.5. The first-order valence-corrected chi connectivity index (χ1v) is 8.22. The smallest absolute Gasteiger partial charge is 0.652 e. The van der Waals surface area contributed by atoms with E-state index in [1.54, 1.807) is 0 Å². The molecular weight excluding hydrogens is 672 g/mol. The molecule has 0 aromatic rings. The molecule has 0 aliphatic carbocycles. The summed E-state index contributed by atoms with van der Waals surface area (Å²) < 4.78 is 0. The van der Waals surface area contributed by atoms with Gasteiger partial charge in [-0.2, -0.15) is 0 Å². The molecule has 236 valence electrons. The Labute approximate surface area is 331 Å². The Morgan fingerprint density at radius 3 is 0.545 bits per heavy atom. The molecule has 0 unspecified atom stereocenters. The van der Waals surface area contributed by atoms with Gasteiger partial charge in [0.2, 0.25) is 12.3 Å². The first-order chi connectivity index (χ1) is 16.7. The minimum atomic E-state index is -2.74. The third kappa shape index (κ3) is 67.9. The van der Waals surface area contributed by atoms with Crippen molar-refractivity contribution in [1.29, 1.82) is 0 Å². The van der Waals surface area contributed by atoms with Crippen LogP contribution in [0.4, 0.5) is 14.4 Å². The Hall–Kier alpha value is -1.53. The van der Waals surface area contributed by atoms with Crippen molar-refractivity contribution in [1.82, 2.24) is 0 Å². The average molecular weight is 694 g/mol. The van der Waals surface area contributed by atoms with E-state index in [1.165, 1.54) is 0 Å². The molecule has 0 aliphatic rings. The van der Waals surface area contributed by atoms with Gasteiger partial charge >= 0.3 is 154 Å². The number of carboxylic acids is 6. The monoisotopic (exact) mass is 694 g/mol. The van der Waals surface area contributed by atoms with Crippen molar-refractivity contribution in [3.05, 3.63) is 0 Å². The largest absolute Gasteiger partial charge is 1.00 e. The standard InChI is InChI=1S/2C6H8O7.3CH2O3.4Na.2H2O/c2*7-3(8)1-6(13,5(11)12)2-4(9)10;3*2-1(3)4;;;;;;/h2*13H,1-2H2,(H,7,8)(H,9,10)(H,11,12);3*(H2,2,3,4);;;;;2*1H2/q;;;;;4*+1;;/p-4. The number of carboxylic acid groups (broad SMARTS) is 12. The van der Waals surface area contributed by atoms with E-state index in [2.05, 4.69) is 0 Å². The normalized spacial score (nSPS) is 8.05. The molecule has 0 saturated heterocycles. The van der Waals surface area contributed by atoms with Gasteiger partial charge in [-0.25, -0.2) is 9.59 Å². The van der Waals surface area contributed by atoms with Gasteiger partial charge in [0.15, 0.2) is 11.2 Å². The Bertz CT molecular complexity index is 751. The van der Waals surface area contributed by atoms with Gasteiger partial charge in [0.05, 0.1) is 25.7 Å². The summed E-state index contributed by atoms with van der Waals surface area (Å²) in [6, 6.07) is 0. The second-order valence-corrected chi connectivity index (χ2v) is 5.74. The molecule has 0 heterocycles. The summed E-state index contributed by atoms with van der Waals surface area (Å²) in [5, 5.41) is 115. The molecule has 0 spiro atoms. The van der Waals surface area contributed by atoms with Crippen LogP contribution in [0.15, 0.2) is 0 Å². The first-order valence-electron chi connectivity index (χ1n) is 8.22. The zero-order valence-electron chi connectivity index (χ0n) is 23.1. The topological polar surface area (TPSA) is 511 Å². The number of rotatable bonds is 10. The van der Waals surface area contributed by atoms with Gasteiger partial charge in [0.1, 0.15) is 0 Å². The van der Waals surface area contributed by atoms with Crippen LogP contribution >= 0.6 is 0 Å². The van der Waals surface area contributed by atoms with Gasteiger partial charge in [-0.05, 0) is 6.16 Å². The van der Waals surface area contributed by atoms with Crippen molar-refractivity contribution in [2.75, 3.05) is 0 Å². The van der Waals surface area contributed by atoms with Crippen LogP contribution in [-0.4, -0.2) is 128 Å². The molecule has 29 heteroatoms. The molecule has 14 N–H and O–H groups in total. The molecule has 0 amide bonds. The van der Waals surface area contributed by atoms with Crippen molar-refractivity contribution >= 4 is 54.3 Å². The Balaban J connectivity index is -0.0000000366. The molecule has 0 radical (unpaired) electrons. The van der Waals surface area contributed by atoms with E-state index in [-0.39, 0.29) is 129 Å². The first kappa shape index (κ1) is 73.7. The Morgan fingerprint density at radius 1 is 0.409 bits per heavy atom. The Morgan fingerprint density at radius 2 is 0.500 bits per heavy atom. The number of aliphatic carboxylic acids is 6. The molecule has 44 heavy (non-hydrogen) atoms. The predicted molar refractivity (Wildman–Crippen MR) is 103 cm³/mol. The molecule has 25 nitrogen and oxygen atoms in total. The van der Waals surface area contributed by atoms with Crippen LogP contribution in [-0.2, 0) is 28.8 Å². The van der Waals surface area contributed by atoms with E-state index in [0.29, 0.717) is 0 Å². The molecule has 0 saturated carbocycles. The average Bonchev–Trinajstić information content (AvgIpc) is 2.57.